The number of aliphatic imine (C=N–C) groups is 1. The molecule has 0 radical (unpaired) electrons. The van der Waals surface area contributed by atoms with Gasteiger partial charge in [-0.15, -0.1) is 24.0 Å². The molecular weight excluding hydrogens is 417 g/mol. The van der Waals surface area contributed by atoms with E-state index < -0.39 is 0 Å². The molecule has 1 aliphatic heterocycles. The topological polar surface area (TPSA) is 68.9 Å². The van der Waals surface area contributed by atoms with Crippen LogP contribution in [-0.2, 0) is 14.9 Å². The highest BCUT2D eigenvalue weighted by Gasteiger charge is 2.35. The molecular formula is C18H30IN3O2. The van der Waals surface area contributed by atoms with Crippen LogP contribution in [0.15, 0.2) is 29.3 Å². The quantitative estimate of drug-likeness (QED) is 0.400. The maximum absolute atomic E-state index is 6.05. The fourth-order valence-electron chi connectivity index (χ4n) is 3.27. The van der Waals surface area contributed by atoms with Crippen molar-refractivity contribution in [2.45, 2.75) is 38.1 Å². The zero-order valence-electron chi connectivity index (χ0n) is 14.9. The van der Waals surface area contributed by atoms with E-state index >= 15 is 0 Å². The molecule has 0 spiro atoms. The lowest BCUT2D eigenvalue weighted by Crippen LogP contribution is -2.43. The predicted octanol–water partition coefficient (Wildman–Crippen LogP) is 2.60. The Labute approximate surface area is 162 Å². The minimum Gasteiger partial charge on any atom is -0.383 e. The first-order valence-electron chi connectivity index (χ1n) is 8.27. The summed E-state index contributed by atoms with van der Waals surface area (Å²) >= 11 is 0. The number of benzene rings is 1. The summed E-state index contributed by atoms with van der Waals surface area (Å²) in [5.74, 6) is 0.481. The molecule has 1 atom stereocenters. The van der Waals surface area contributed by atoms with Crippen LogP contribution in [0.1, 0.15) is 30.9 Å². The van der Waals surface area contributed by atoms with Gasteiger partial charge in [0.05, 0.1) is 13.2 Å². The van der Waals surface area contributed by atoms with E-state index in [2.05, 4.69) is 41.5 Å². The zero-order valence-corrected chi connectivity index (χ0v) is 17.2. The van der Waals surface area contributed by atoms with Gasteiger partial charge >= 0.3 is 0 Å². The first-order valence-corrected chi connectivity index (χ1v) is 8.27. The van der Waals surface area contributed by atoms with Crippen molar-refractivity contribution in [3.63, 3.8) is 0 Å². The summed E-state index contributed by atoms with van der Waals surface area (Å²) in [4.78, 5) is 4.63. The number of hydrogen-bond donors (Lipinski definition) is 2. The lowest BCUT2D eigenvalue weighted by molar-refractivity contribution is 0.0529. The lowest BCUT2D eigenvalue weighted by atomic mass is 9.72. The van der Waals surface area contributed by atoms with E-state index in [1.54, 1.807) is 7.11 Å². The summed E-state index contributed by atoms with van der Waals surface area (Å²) in [5, 5.41) is 3.18. The number of nitrogens with zero attached hydrogens (tertiary/aromatic N) is 1. The summed E-state index contributed by atoms with van der Waals surface area (Å²) in [7, 11) is 1.68. The molecule has 1 saturated heterocycles. The van der Waals surface area contributed by atoms with Crippen molar-refractivity contribution in [2.75, 3.05) is 33.5 Å². The molecule has 0 amide bonds. The molecule has 1 aliphatic rings. The van der Waals surface area contributed by atoms with Gasteiger partial charge in [0.2, 0.25) is 0 Å². The fourth-order valence-corrected chi connectivity index (χ4v) is 3.27. The van der Waals surface area contributed by atoms with Crippen LogP contribution in [0.5, 0.6) is 0 Å². The molecule has 24 heavy (non-hydrogen) atoms. The predicted molar refractivity (Wildman–Crippen MR) is 109 cm³/mol. The number of aryl methyl sites for hydroxylation is 1. The van der Waals surface area contributed by atoms with E-state index in [0.29, 0.717) is 19.1 Å². The SMILES string of the molecule is COCC(C)NC(N)=NCC1(c2ccccc2C)CCOCC1.I. The van der Waals surface area contributed by atoms with E-state index in [1.807, 2.05) is 6.92 Å². The number of halogens is 1. The molecule has 1 aromatic carbocycles. The molecule has 136 valence electrons. The van der Waals surface area contributed by atoms with Crippen LogP contribution < -0.4 is 11.1 Å². The normalized spacial score (nSPS) is 18.5. The number of nitrogens with two attached hydrogens (primary N) is 1. The van der Waals surface area contributed by atoms with Gasteiger partial charge < -0.3 is 20.5 Å². The maximum atomic E-state index is 6.05. The van der Waals surface area contributed by atoms with Gasteiger partial charge in [0.1, 0.15) is 0 Å². The van der Waals surface area contributed by atoms with Gasteiger partial charge in [0.15, 0.2) is 5.96 Å². The van der Waals surface area contributed by atoms with E-state index in [1.165, 1.54) is 11.1 Å². The Balaban J connectivity index is 0.00000288. The molecule has 6 heteroatoms. The van der Waals surface area contributed by atoms with Crippen LogP contribution in [0.2, 0.25) is 0 Å². The van der Waals surface area contributed by atoms with Gasteiger partial charge in [0.25, 0.3) is 0 Å². The first-order chi connectivity index (χ1) is 11.1. The highest BCUT2D eigenvalue weighted by molar-refractivity contribution is 14.0. The average molecular weight is 447 g/mol. The number of nitrogens with one attached hydrogen (secondary N) is 1. The monoisotopic (exact) mass is 447 g/mol. The number of rotatable bonds is 6. The van der Waals surface area contributed by atoms with Crippen molar-refractivity contribution in [1.29, 1.82) is 0 Å². The fraction of sp³-hybridized carbons (Fsp3) is 0.611. The van der Waals surface area contributed by atoms with Crippen LogP contribution in [-0.4, -0.2) is 45.5 Å². The number of guanidine groups is 1. The van der Waals surface area contributed by atoms with E-state index in [9.17, 15) is 0 Å². The zero-order chi connectivity index (χ0) is 16.7. The van der Waals surface area contributed by atoms with Crippen LogP contribution in [0.3, 0.4) is 0 Å². The van der Waals surface area contributed by atoms with Gasteiger partial charge in [-0.25, -0.2) is 0 Å². The summed E-state index contributed by atoms with van der Waals surface area (Å²) in [6.45, 7) is 7.03. The number of ether oxygens (including phenoxy) is 2. The molecule has 1 aromatic rings. The van der Waals surface area contributed by atoms with Crippen molar-refractivity contribution < 1.29 is 9.47 Å². The third-order valence-electron chi connectivity index (χ3n) is 4.53. The van der Waals surface area contributed by atoms with Gasteiger partial charge in [-0.2, -0.15) is 0 Å². The Morgan fingerprint density at radius 3 is 2.67 bits per heavy atom. The standard InChI is InChI=1S/C18H29N3O2.HI/c1-14-6-4-5-7-16(14)18(8-10-23-11-9-18)13-20-17(19)21-15(2)12-22-3;/h4-7,15H,8-13H2,1-3H3,(H3,19,20,21);1H. The average Bonchev–Trinajstić information content (AvgIpc) is 2.54. The second-order valence-corrected chi connectivity index (χ2v) is 6.41. The number of methoxy groups -OCH3 is 1. The third kappa shape index (κ3) is 5.60. The third-order valence-corrected chi connectivity index (χ3v) is 4.53. The Morgan fingerprint density at radius 2 is 2.04 bits per heavy atom. The Bertz CT molecular complexity index is 531. The van der Waals surface area contributed by atoms with Gasteiger partial charge in [-0.3, -0.25) is 4.99 Å². The van der Waals surface area contributed by atoms with Crippen molar-refractivity contribution in [3.05, 3.63) is 35.4 Å². The van der Waals surface area contributed by atoms with Gasteiger partial charge in [0, 0.05) is 31.8 Å². The second-order valence-electron chi connectivity index (χ2n) is 6.41. The molecule has 5 nitrogen and oxygen atoms in total. The first kappa shape index (κ1) is 21.2. The van der Waals surface area contributed by atoms with Crippen molar-refractivity contribution in [1.82, 2.24) is 5.32 Å². The molecule has 0 saturated carbocycles. The molecule has 0 aliphatic carbocycles. The van der Waals surface area contributed by atoms with Crippen LogP contribution in [0.4, 0.5) is 0 Å². The second kappa shape index (κ2) is 10.2. The van der Waals surface area contributed by atoms with Gasteiger partial charge in [-0.05, 0) is 37.8 Å². The molecule has 2 rings (SSSR count). The smallest absolute Gasteiger partial charge is 0.188 e. The van der Waals surface area contributed by atoms with E-state index in [0.717, 1.165) is 26.1 Å². The van der Waals surface area contributed by atoms with Gasteiger partial charge in [-0.1, -0.05) is 24.3 Å². The summed E-state index contributed by atoms with van der Waals surface area (Å²) in [5.41, 5.74) is 8.74. The molecule has 0 aromatic heterocycles. The Kier molecular flexibility index (Phi) is 9.01. The maximum Gasteiger partial charge on any atom is 0.188 e. The van der Waals surface area contributed by atoms with E-state index in [-0.39, 0.29) is 35.4 Å². The van der Waals surface area contributed by atoms with Crippen LogP contribution >= 0.6 is 24.0 Å². The highest BCUT2D eigenvalue weighted by atomic mass is 127. The minimum absolute atomic E-state index is 0. The minimum atomic E-state index is 0. The van der Waals surface area contributed by atoms with Crippen LogP contribution in [0.25, 0.3) is 0 Å². The van der Waals surface area contributed by atoms with E-state index in [4.69, 9.17) is 15.2 Å². The summed E-state index contributed by atoms with van der Waals surface area (Å²) < 4.78 is 10.7. The summed E-state index contributed by atoms with van der Waals surface area (Å²) in [6.07, 6.45) is 1.95. The number of hydrogen-bond acceptors (Lipinski definition) is 3. The molecule has 1 heterocycles. The van der Waals surface area contributed by atoms with Crippen molar-refractivity contribution in [2.24, 2.45) is 10.7 Å². The molecule has 1 fully saturated rings. The molecule has 0 bridgehead atoms. The Hall–Kier alpha value is -0.860. The lowest BCUT2D eigenvalue weighted by Gasteiger charge is -2.37. The van der Waals surface area contributed by atoms with Crippen molar-refractivity contribution >= 4 is 29.9 Å². The summed E-state index contributed by atoms with van der Waals surface area (Å²) in [6, 6.07) is 8.71. The molecule has 1 unspecified atom stereocenters. The van der Waals surface area contributed by atoms with Crippen molar-refractivity contribution in [3.8, 4) is 0 Å². The molecule has 3 N–H and O–H groups in total. The largest absolute Gasteiger partial charge is 0.383 e. The highest BCUT2D eigenvalue weighted by Crippen LogP contribution is 2.36. The Morgan fingerprint density at radius 1 is 1.38 bits per heavy atom. The van der Waals surface area contributed by atoms with Crippen LogP contribution in [0, 0.1) is 6.92 Å².